The largest absolute Gasteiger partial charge is 0.380 e. The molecule has 2 rings (SSSR count). The van der Waals surface area contributed by atoms with Gasteiger partial charge in [0.05, 0.1) is 5.56 Å². The zero-order chi connectivity index (χ0) is 15.4. The molecule has 0 fully saturated rings. The Morgan fingerprint density at radius 3 is 2.48 bits per heavy atom. The molecule has 0 aliphatic carbocycles. The predicted octanol–water partition coefficient (Wildman–Crippen LogP) is 3.28. The van der Waals surface area contributed by atoms with Crippen molar-refractivity contribution in [2.45, 2.75) is 6.54 Å². The first-order valence-corrected chi connectivity index (χ1v) is 6.47. The number of nitrogens with one attached hydrogen (secondary N) is 1. The molecule has 21 heavy (non-hydrogen) atoms. The number of amides is 1. The first kappa shape index (κ1) is 15.0. The monoisotopic (exact) mass is 290 g/mol. The van der Waals surface area contributed by atoms with Gasteiger partial charge in [-0.2, -0.15) is 0 Å². The molecule has 2 aromatic rings. The molecule has 5 heteroatoms. The fourth-order valence-corrected chi connectivity index (χ4v) is 1.91. The van der Waals surface area contributed by atoms with E-state index >= 15 is 0 Å². The molecule has 0 aromatic heterocycles. The molecule has 2 aromatic carbocycles. The van der Waals surface area contributed by atoms with Gasteiger partial charge in [-0.05, 0) is 29.8 Å². The second-order valence-corrected chi connectivity index (χ2v) is 4.85. The molecule has 110 valence electrons. The van der Waals surface area contributed by atoms with Crippen LogP contribution in [0.2, 0.25) is 0 Å². The molecule has 0 bridgehead atoms. The van der Waals surface area contributed by atoms with E-state index in [0.717, 1.165) is 12.1 Å². The standard InChI is InChI=1S/C16H16F2N2O/c1-20(2)16(21)12-5-3-4-6-15(12)19-10-11-7-8-13(17)14(18)9-11/h3-9,19H,10H2,1-2H3. The third-order valence-corrected chi connectivity index (χ3v) is 3.03. The van der Waals surface area contributed by atoms with E-state index in [-0.39, 0.29) is 5.91 Å². The maximum Gasteiger partial charge on any atom is 0.255 e. The highest BCUT2D eigenvalue weighted by Gasteiger charge is 2.12. The van der Waals surface area contributed by atoms with E-state index in [9.17, 15) is 13.6 Å². The topological polar surface area (TPSA) is 32.3 Å². The van der Waals surface area contributed by atoms with Crippen molar-refractivity contribution in [2.75, 3.05) is 19.4 Å². The van der Waals surface area contributed by atoms with Crippen molar-refractivity contribution in [1.29, 1.82) is 0 Å². The first-order valence-electron chi connectivity index (χ1n) is 6.47. The molecule has 0 radical (unpaired) electrons. The zero-order valence-electron chi connectivity index (χ0n) is 11.9. The Balaban J connectivity index is 2.16. The van der Waals surface area contributed by atoms with Crippen LogP contribution < -0.4 is 5.32 Å². The number of anilines is 1. The molecule has 0 heterocycles. The Morgan fingerprint density at radius 1 is 1.10 bits per heavy atom. The van der Waals surface area contributed by atoms with Gasteiger partial charge in [0, 0.05) is 26.3 Å². The van der Waals surface area contributed by atoms with Crippen molar-refractivity contribution < 1.29 is 13.6 Å². The number of benzene rings is 2. The minimum Gasteiger partial charge on any atom is -0.380 e. The smallest absolute Gasteiger partial charge is 0.255 e. The highest BCUT2D eigenvalue weighted by Crippen LogP contribution is 2.18. The third kappa shape index (κ3) is 3.56. The highest BCUT2D eigenvalue weighted by molar-refractivity contribution is 5.99. The summed E-state index contributed by atoms with van der Waals surface area (Å²) in [6.45, 7) is 0.301. The van der Waals surface area contributed by atoms with Crippen molar-refractivity contribution in [3.63, 3.8) is 0 Å². The lowest BCUT2D eigenvalue weighted by atomic mass is 10.1. The number of rotatable bonds is 4. The van der Waals surface area contributed by atoms with Crippen molar-refractivity contribution in [3.8, 4) is 0 Å². The van der Waals surface area contributed by atoms with Crippen LogP contribution in [0.3, 0.4) is 0 Å². The molecule has 1 N–H and O–H groups in total. The predicted molar refractivity (Wildman–Crippen MR) is 78.1 cm³/mol. The summed E-state index contributed by atoms with van der Waals surface area (Å²) < 4.78 is 26.0. The maximum absolute atomic E-state index is 13.2. The Bertz CT molecular complexity index is 656. The van der Waals surface area contributed by atoms with Gasteiger partial charge < -0.3 is 10.2 Å². The molecule has 0 saturated heterocycles. The Hall–Kier alpha value is -2.43. The number of hydrogen-bond acceptors (Lipinski definition) is 2. The summed E-state index contributed by atoms with van der Waals surface area (Å²) in [6, 6.07) is 10.8. The number of carbonyl (C=O) groups is 1. The summed E-state index contributed by atoms with van der Waals surface area (Å²) in [7, 11) is 3.35. The third-order valence-electron chi connectivity index (χ3n) is 3.03. The van der Waals surface area contributed by atoms with Crippen LogP contribution in [0, 0.1) is 11.6 Å². The molecule has 0 aliphatic heterocycles. The normalized spacial score (nSPS) is 10.3. The summed E-state index contributed by atoms with van der Waals surface area (Å²) in [6.07, 6.45) is 0. The van der Waals surface area contributed by atoms with Gasteiger partial charge in [0.25, 0.3) is 5.91 Å². The Kier molecular flexibility index (Phi) is 4.52. The summed E-state index contributed by atoms with van der Waals surface area (Å²) in [5.74, 6) is -1.88. The van der Waals surface area contributed by atoms with Gasteiger partial charge in [0.15, 0.2) is 11.6 Å². The fraction of sp³-hybridized carbons (Fsp3) is 0.188. The maximum atomic E-state index is 13.2. The number of hydrogen-bond donors (Lipinski definition) is 1. The minimum absolute atomic E-state index is 0.122. The van der Waals surface area contributed by atoms with Crippen LogP contribution in [0.4, 0.5) is 14.5 Å². The molecular formula is C16H16F2N2O. The number of nitrogens with zero attached hydrogens (tertiary/aromatic N) is 1. The summed E-state index contributed by atoms with van der Waals surface area (Å²) in [4.78, 5) is 13.5. The van der Waals surface area contributed by atoms with Crippen LogP contribution in [0.1, 0.15) is 15.9 Å². The molecule has 3 nitrogen and oxygen atoms in total. The molecule has 0 saturated carbocycles. The summed E-state index contributed by atoms with van der Waals surface area (Å²) in [5.41, 5.74) is 1.78. The molecule has 0 spiro atoms. The molecule has 0 unspecified atom stereocenters. The van der Waals surface area contributed by atoms with Gasteiger partial charge in [-0.15, -0.1) is 0 Å². The van der Waals surface area contributed by atoms with Gasteiger partial charge in [-0.1, -0.05) is 18.2 Å². The second-order valence-electron chi connectivity index (χ2n) is 4.85. The van der Waals surface area contributed by atoms with Gasteiger partial charge in [0.2, 0.25) is 0 Å². The van der Waals surface area contributed by atoms with E-state index in [2.05, 4.69) is 5.32 Å². The van der Waals surface area contributed by atoms with Crippen molar-refractivity contribution in [2.24, 2.45) is 0 Å². The van der Waals surface area contributed by atoms with Crippen LogP contribution in [0.25, 0.3) is 0 Å². The Labute approximate surface area is 122 Å². The van der Waals surface area contributed by atoms with Crippen molar-refractivity contribution in [1.82, 2.24) is 4.90 Å². The van der Waals surface area contributed by atoms with Crippen LogP contribution in [-0.4, -0.2) is 24.9 Å². The molecule has 1 amide bonds. The minimum atomic E-state index is -0.882. The average Bonchev–Trinajstić information content (AvgIpc) is 2.48. The van der Waals surface area contributed by atoms with E-state index in [1.54, 1.807) is 38.4 Å². The first-order chi connectivity index (χ1) is 9.99. The molecular weight excluding hydrogens is 274 g/mol. The Morgan fingerprint density at radius 2 is 1.81 bits per heavy atom. The SMILES string of the molecule is CN(C)C(=O)c1ccccc1NCc1ccc(F)c(F)c1. The van der Waals surface area contributed by atoms with E-state index in [1.807, 2.05) is 0 Å². The quantitative estimate of drug-likeness (QED) is 0.937. The summed E-state index contributed by atoms with van der Waals surface area (Å²) in [5, 5.41) is 3.08. The van der Waals surface area contributed by atoms with E-state index in [1.165, 1.54) is 11.0 Å². The van der Waals surface area contributed by atoms with Gasteiger partial charge in [-0.25, -0.2) is 8.78 Å². The van der Waals surface area contributed by atoms with Crippen molar-refractivity contribution >= 4 is 11.6 Å². The van der Waals surface area contributed by atoms with E-state index < -0.39 is 11.6 Å². The van der Waals surface area contributed by atoms with Crippen LogP contribution in [-0.2, 0) is 6.54 Å². The fourth-order valence-electron chi connectivity index (χ4n) is 1.91. The van der Waals surface area contributed by atoms with Crippen molar-refractivity contribution in [3.05, 3.63) is 65.2 Å². The second kappa shape index (κ2) is 6.35. The number of carbonyl (C=O) groups excluding carboxylic acids is 1. The lowest BCUT2D eigenvalue weighted by Gasteiger charge is -2.15. The lowest BCUT2D eigenvalue weighted by molar-refractivity contribution is 0.0828. The zero-order valence-corrected chi connectivity index (χ0v) is 11.9. The van der Waals surface area contributed by atoms with Crippen LogP contribution in [0.15, 0.2) is 42.5 Å². The molecule has 0 aliphatic rings. The average molecular weight is 290 g/mol. The number of halogens is 2. The van der Waals surface area contributed by atoms with Gasteiger partial charge >= 0.3 is 0 Å². The molecule has 0 atom stereocenters. The lowest BCUT2D eigenvalue weighted by Crippen LogP contribution is -2.22. The van der Waals surface area contributed by atoms with E-state index in [0.29, 0.717) is 23.4 Å². The van der Waals surface area contributed by atoms with Gasteiger partial charge in [-0.3, -0.25) is 4.79 Å². The van der Waals surface area contributed by atoms with Gasteiger partial charge in [0.1, 0.15) is 0 Å². The number of para-hydroxylation sites is 1. The van der Waals surface area contributed by atoms with E-state index in [4.69, 9.17) is 0 Å². The summed E-state index contributed by atoms with van der Waals surface area (Å²) >= 11 is 0. The van der Waals surface area contributed by atoms with Crippen LogP contribution >= 0.6 is 0 Å². The highest BCUT2D eigenvalue weighted by atomic mass is 19.2. The van der Waals surface area contributed by atoms with Crippen LogP contribution in [0.5, 0.6) is 0 Å².